The highest BCUT2D eigenvalue weighted by atomic mass is 32.1. The van der Waals surface area contributed by atoms with Crippen LogP contribution in [0.5, 0.6) is 0 Å². The standard InChI is InChI=1S/C16H21N5O3S/c1-4-23-15(22)13-9(2)11(18-10(13)3)8-17-21-14(19-20-16(21)25)12-6-5-7-24-12/h8,12,18H,4-7H2,1-3H3,(H,20,25)/b17-8+/t12-/m1/s1. The van der Waals surface area contributed by atoms with Gasteiger partial charge in [0.15, 0.2) is 5.82 Å². The monoisotopic (exact) mass is 363 g/mol. The molecule has 3 rings (SSSR count). The molecule has 1 fully saturated rings. The number of aryl methyl sites for hydroxylation is 1. The van der Waals surface area contributed by atoms with E-state index in [0.29, 0.717) is 29.4 Å². The van der Waals surface area contributed by atoms with E-state index in [1.54, 1.807) is 17.8 Å². The smallest absolute Gasteiger partial charge is 0.340 e. The second-order valence-corrected chi connectivity index (χ2v) is 6.22. The third-order valence-corrected chi connectivity index (χ3v) is 4.42. The normalized spacial score (nSPS) is 17.5. The van der Waals surface area contributed by atoms with Crippen molar-refractivity contribution in [3.05, 3.63) is 33.1 Å². The number of nitrogens with one attached hydrogen (secondary N) is 2. The van der Waals surface area contributed by atoms with Crippen LogP contribution in [0.15, 0.2) is 5.10 Å². The fourth-order valence-corrected chi connectivity index (χ4v) is 3.12. The number of carbonyl (C=O) groups excluding carboxylic acids is 1. The molecule has 1 atom stereocenters. The van der Waals surface area contributed by atoms with Gasteiger partial charge in [0.1, 0.15) is 6.10 Å². The summed E-state index contributed by atoms with van der Waals surface area (Å²) >= 11 is 5.25. The summed E-state index contributed by atoms with van der Waals surface area (Å²) in [7, 11) is 0. The SMILES string of the molecule is CCOC(=O)c1c(C)[nH]c(/C=N/n2c([C@H]3CCCO3)n[nH]c2=S)c1C. The van der Waals surface area contributed by atoms with Crippen LogP contribution in [-0.2, 0) is 9.47 Å². The van der Waals surface area contributed by atoms with Gasteiger partial charge in [0.25, 0.3) is 0 Å². The number of rotatable bonds is 5. The summed E-state index contributed by atoms with van der Waals surface area (Å²) in [5, 5.41) is 11.4. The van der Waals surface area contributed by atoms with Crippen molar-refractivity contribution in [1.82, 2.24) is 19.9 Å². The van der Waals surface area contributed by atoms with Crippen molar-refractivity contribution >= 4 is 24.4 Å². The number of nitrogens with zero attached hydrogens (tertiary/aromatic N) is 3. The van der Waals surface area contributed by atoms with Crippen molar-refractivity contribution in [2.45, 2.75) is 39.7 Å². The van der Waals surface area contributed by atoms with Gasteiger partial charge in [0.05, 0.1) is 24.1 Å². The number of esters is 1. The molecule has 25 heavy (non-hydrogen) atoms. The molecule has 1 saturated heterocycles. The van der Waals surface area contributed by atoms with Crippen LogP contribution in [0.1, 0.15) is 59.0 Å². The molecule has 0 bridgehead atoms. The molecule has 134 valence electrons. The second-order valence-electron chi connectivity index (χ2n) is 5.83. The van der Waals surface area contributed by atoms with E-state index in [-0.39, 0.29) is 12.1 Å². The predicted molar refractivity (Wildman–Crippen MR) is 94.6 cm³/mol. The zero-order chi connectivity index (χ0) is 18.0. The molecule has 9 heteroatoms. The second kappa shape index (κ2) is 7.32. The molecule has 1 aliphatic rings. The number of hydrogen-bond donors (Lipinski definition) is 2. The summed E-state index contributed by atoms with van der Waals surface area (Å²) in [5.41, 5.74) is 2.79. The summed E-state index contributed by atoms with van der Waals surface area (Å²) in [6, 6.07) is 0. The van der Waals surface area contributed by atoms with E-state index in [9.17, 15) is 4.79 Å². The van der Waals surface area contributed by atoms with E-state index in [4.69, 9.17) is 21.7 Å². The van der Waals surface area contributed by atoms with Gasteiger partial charge < -0.3 is 14.5 Å². The summed E-state index contributed by atoms with van der Waals surface area (Å²) in [6.07, 6.45) is 3.41. The van der Waals surface area contributed by atoms with Crippen LogP contribution in [0.25, 0.3) is 0 Å². The number of ether oxygens (including phenoxy) is 2. The van der Waals surface area contributed by atoms with Gasteiger partial charge in [-0.3, -0.25) is 5.10 Å². The van der Waals surface area contributed by atoms with Gasteiger partial charge >= 0.3 is 5.97 Å². The Balaban J connectivity index is 1.91. The highest BCUT2D eigenvalue weighted by Crippen LogP contribution is 2.27. The van der Waals surface area contributed by atoms with Crippen LogP contribution in [0.2, 0.25) is 0 Å². The summed E-state index contributed by atoms with van der Waals surface area (Å²) in [5.74, 6) is 0.318. The first-order chi connectivity index (χ1) is 12.0. The third kappa shape index (κ3) is 3.42. The Hall–Kier alpha value is -2.26. The lowest BCUT2D eigenvalue weighted by Crippen LogP contribution is -2.07. The van der Waals surface area contributed by atoms with Gasteiger partial charge in [-0.15, -0.1) is 0 Å². The molecule has 0 saturated carbocycles. The van der Waals surface area contributed by atoms with Crippen LogP contribution in [0, 0.1) is 18.6 Å². The largest absolute Gasteiger partial charge is 0.462 e. The predicted octanol–water partition coefficient (Wildman–Crippen LogP) is 2.80. The minimum Gasteiger partial charge on any atom is -0.462 e. The van der Waals surface area contributed by atoms with E-state index in [2.05, 4.69) is 20.3 Å². The zero-order valence-electron chi connectivity index (χ0n) is 14.5. The molecule has 2 aromatic rings. The molecular formula is C16H21N5O3S. The van der Waals surface area contributed by atoms with E-state index < -0.39 is 0 Å². The highest BCUT2D eigenvalue weighted by Gasteiger charge is 2.24. The number of hydrogen-bond acceptors (Lipinski definition) is 6. The molecule has 0 spiro atoms. The number of H-pyrrole nitrogens is 2. The molecule has 0 unspecified atom stereocenters. The minimum atomic E-state index is -0.339. The van der Waals surface area contributed by atoms with Crippen LogP contribution < -0.4 is 0 Å². The quantitative estimate of drug-likeness (QED) is 0.484. The molecule has 8 nitrogen and oxygen atoms in total. The van der Waals surface area contributed by atoms with Gasteiger partial charge in [0, 0.05) is 12.3 Å². The Morgan fingerprint density at radius 2 is 2.36 bits per heavy atom. The Kier molecular flexibility index (Phi) is 5.14. The molecule has 2 aromatic heterocycles. The Bertz CT molecular complexity index is 858. The van der Waals surface area contributed by atoms with Crippen molar-refractivity contribution < 1.29 is 14.3 Å². The van der Waals surface area contributed by atoms with Gasteiger partial charge in [0.2, 0.25) is 4.77 Å². The van der Waals surface area contributed by atoms with Crippen LogP contribution in [0.4, 0.5) is 0 Å². The molecule has 0 aliphatic carbocycles. The summed E-state index contributed by atoms with van der Waals surface area (Å²) in [4.78, 5) is 15.2. The lowest BCUT2D eigenvalue weighted by Gasteiger charge is -2.07. The summed E-state index contributed by atoms with van der Waals surface area (Å²) < 4.78 is 12.7. The van der Waals surface area contributed by atoms with Crippen molar-refractivity contribution in [3.8, 4) is 0 Å². The van der Waals surface area contributed by atoms with Gasteiger partial charge in [-0.2, -0.15) is 14.9 Å². The summed E-state index contributed by atoms with van der Waals surface area (Å²) in [6.45, 7) is 6.52. The Morgan fingerprint density at radius 3 is 3.04 bits per heavy atom. The van der Waals surface area contributed by atoms with E-state index in [1.807, 2.05) is 13.8 Å². The fraction of sp³-hybridized carbons (Fsp3) is 0.500. The van der Waals surface area contributed by atoms with Crippen LogP contribution in [0.3, 0.4) is 0 Å². The lowest BCUT2D eigenvalue weighted by atomic mass is 10.1. The molecule has 3 heterocycles. The van der Waals surface area contributed by atoms with E-state index in [1.165, 1.54) is 0 Å². The maximum atomic E-state index is 12.1. The molecule has 0 aromatic carbocycles. The fourth-order valence-electron chi connectivity index (χ4n) is 2.93. The average Bonchev–Trinajstić information content (AvgIpc) is 3.26. The Labute approximate surface area is 150 Å². The highest BCUT2D eigenvalue weighted by molar-refractivity contribution is 7.71. The maximum absolute atomic E-state index is 12.1. The minimum absolute atomic E-state index is 0.105. The first-order valence-electron chi connectivity index (χ1n) is 8.22. The third-order valence-electron chi connectivity index (χ3n) is 4.15. The lowest BCUT2D eigenvalue weighted by molar-refractivity contribution is 0.0525. The average molecular weight is 363 g/mol. The molecule has 0 amide bonds. The van der Waals surface area contributed by atoms with Crippen molar-refractivity contribution in [1.29, 1.82) is 0 Å². The first kappa shape index (κ1) is 17.6. The van der Waals surface area contributed by atoms with E-state index >= 15 is 0 Å². The van der Waals surface area contributed by atoms with Gasteiger partial charge in [-0.25, -0.2) is 4.79 Å². The van der Waals surface area contributed by atoms with Crippen molar-refractivity contribution in [2.24, 2.45) is 5.10 Å². The topological polar surface area (TPSA) is 97.3 Å². The first-order valence-corrected chi connectivity index (χ1v) is 8.63. The van der Waals surface area contributed by atoms with Crippen molar-refractivity contribution in [3.63, 3.8) is 0 Å². The molecule has 2 N–H and O–H groups in total. The Morgan fingerprint density at radius 1 is 1.56 bits per heavy atom. The number of aromatic nitrogens is 4. The van der Waals surface area contributed by atoms with Crippen LogP contribution >= 0.6 is 12.2 Å². The van der Waals surface area contributed by atoms with Crippen LogP contribution in [-0.4, -0.2) is 45.3 Å². The molecule has 0 radical (unpaired) electrons. The zero-order valence-corrected chi connectivity index (χ0v) is 15.3. The van der Waals surface area contributed by atoms with Gasteiger partial charge in [-0.1, -0.05) is 0 Å². The maximum Gasteiger partial charge on any atom is 0.340 e. The molecule has 1 aliphatic heterocycles. The molecular weight excluding hydrogens is 342 g/mol. The van der Waals surface area contributed by atoms with Gasteiger partial charge in [-0.05, 0) is 51.4 Å². The van der Waals surface area contributed by atoms with Crippen molar-refractivity contribution in [2.75, 3.05) is 13.2 Å². The van der Waals surface area contributed by atoms with E-state index in [0.717, 1.165) is 29.8 Å². The number of aromatic amines is 2. The number of carbonyl (C=O) groups is 1.